The van der Waals surface area contributed by atoms with Crippen LogP contribution in [0.5, 0.6) is 0 Å². The maximum atomic E-state index is 10.8. The Bertz CT molecular complexity index is 788. The average molecular weight is 300 g/mol. The van der Waals surface area contributed by atoms with E-state index in [0.29, 0.717) is 0 Å². The fourth-order valence-electron chi connectivity index (χ4n) is 2.53. The van der Waals surface area contributed by atoms with Crippen molar-refractivity contribution >= 4 is 28.3 Å². The van der Waals surface area contributed by atoms with Crippen molar-refractivity contribution < 1.29 is 9.90 Å². The highest BCUT2D eigenvalue weighted by Gasteiger charge is 2.16. The molecule has 3 rings (SSSR count). The summed E-state index contributed by atoms with van der Waals surface area (Å²) in [6.45, 7) is 4.26. The zero-order valence-electron chi connectivity index (χ0n) is 11.9. The molecular weight excluding hydrogens is 284 g/mol. The SMILES string of the molecule is CC(C)n1c(-c2cccs2)nc2cc(CC(=O)O)ccc21. The number of hydrogen-bond donors (Lipinski definition) is 1. The minimum atomic E-state index is -0.823. The maximum Gasteiger partial charge on any atom is 0.307 e. The summed E-state index contributed by atoms with van der Waals surface area (Å²) in [5, 5.41) is 11.0. The molecule has 0 aliphatic heterocycles. The Labute approximate surface area is 126 Å². The molecule has 0 fully saturated rings. The average Bonchev–Trinajstić information content (AvgIpc) is 3.03. The highest BCUT2D eigenvalue weighted by Crippen LogP contribution is 2.31. The normalized spacial score (nSPS) is 11.4. The summed E-state index contributed by atoms with van der Waals surface area (Å²) in [7, 11) is 0. The van der Waals surface area contributed by atoms with E-state index in [1.165, 1.54) is 0 Å². The van der Waals surface area contributed by atoms with Crippen LogP contribution in [-0.4, -0.2) is 20.6 Å². The van der Waals surface area contributed by atoms with Gasteiger partial charge < -0.3 is 9.67 Å². The highest BCUT2D eigenvalue weighted by atomic mass is 32.1. The van der Waals surface area contributed by atoms with Gasteiger partial charge in [0, 0.05) is 6.04 Å². The molecule has 3 aromatic rings. The molecule has 0 atom stereocenters. The lowest BCUT2D eigenvalue weighted by Crippen LogP contribution is -2.03. The Balaban J connectivity index is 2.19. The molecule has 0 spiro atoms. The number of carboxylic acids is 1. The van der Waals surface area contributed by atoms with Crippen LogP contribution in [0.15, 0.2) is 35.7 Å². The molecular formula is C16H16N2O2S. The molecule has 108 valence electrons. The first-order chi connectivity index (χ1) is 10.1. The van der Waals surface area contributed by atoms with Gasteiger partial charge in [-0.2, -0.15) is 0 Å². The monoisotopic (exact) mass is 300 g/mol. The van der Waals surface area contributed by atoms with Gasteiger partial charge in [-0.25, -0.2) is 4.98 Å². The fourth-order valence-corrected chi connectivity index (χ4v) is 3.24. The smallest absolute Gasteiger partial charge is 0.307 e. The van der Waals surface area contributed by atoms with Crippen molar-refractivity contribution in [3.63, 3.8) is 0 Å². The number of imidazole rings is 1. The van der Waals surface area contributed by atoms with Crippen LogP contribution >= 0.6 is 11.3 Å². The molecule has 0 saturated carbocycles. The topological polar surface area (TPSA) is 55.1 Å². The van der Waals surface area contributed by atoms with Gasteiger partial charge in [0.05, 0.1) is 22.3 Å². The molecule has 1 N–H and O–H groups in total. The van der Waals surface area contributed by atoms with Crippen molar-refractivity contribution in [1.29, 1.82) is 0 Å². The van der Waals surface area contributed by atoms with Gasteiger partial charge in [0.1, 0.15) is 0 Å². The van der Waals surface area contributed by atoms with Crippen molar-refractivity contribution in [2.75, 3.05) is 0 Å². The van der Waals surface area contributed by atoms with Crippen LogP contribution in [0.25, 0.3) is 21.7 Å². The van der Waals surface area contributed by atoms with Gasteiger partial charge in [-0.05, 0) is 43.0 Å². The van der Waals surface area contributed by atoms with Gasteiger partial charge in [0.2, 0.25) is 0 Å². The quantitative estimate of drug-likeness (QED) is 0.793. The molecule has 0 saturated heterocycles. The molecule has 5 heteroatoms. The van der Waals surface area contributed by atoms with E-state index < -0.39 is 5.97 Å². The number of thiophene rings is 1. The second kappa shape index (κ2) is 5.33. The van der Waals surface area contributed by atoms with Crippen LogP contribution in [0.2, 0.25) is 0 Å². The van der Waals surface area contributed by atoms with Crippen LogP contribution in [0.3, 0.4) is 0 Å². The fraction of sp³-hybridized carbons (Fsp3) is 0.250. The van der Waals surface area contributed by atoms with Crippen molar-refractivity contribution in [1.82, 2.24) is 9.55 Å². The van der Waals surface area contributed by atoms with Crippen molar-refractivity contribution in [2.45, 2.75) is 26.3 Å². The summed E-state index contributed by atoms with van der Waals surface area (Å²) < 4.78 is 2.20. The van der Waals surface area contributed by atoms with Gasteiger partial charge in [0.25, 0.3) is 0 Å². The molecule has 1 aromatic carbocycles. The minimum Gasteiger partial charge on any atom is -0.481 e. The molecule has 0 aliphatic carbocycles. The number of nitrogens with zero attached hydrogens (tertiary/aromatic N) is 2. The summed E-state index contributed by atoms with van der Waals surface area (Å²) in [5.74, 6) is 0.124. The van der Waals surface area contributed by atoms with Gasteiger partial charge in [-0.3, -0.25) is 4.79 Å². The van der Waals surface area contributed by atoms with Crippen LogP contribution in [0.4, 0.5) is 0 Å². The zero-order valence-corrected chi connectivity index (χ0v) is 12.7. The molecule has 0 amide bonds. The number of carbonyl (C=O) groups is 1. The lowest BCUT2D eigenvalue weighted by molar-refractivity contribution is -0.136. The molecule has 21 heavy (non-hydrogen) atoms. The number of benzene rings is 1. The number of aliphatic carboxylic acids is 1. The summed E-state index contributed by atoms with van der Waals surface area (Å²) in [6.07, 6.45) is 0.0266. The summed E-state index contributed by atoms with van der Waals surface area (Å²) >= 11 is 1.66. The molecule has 2 aromatic heterocycles. The van der Waals surface area contributed by atoms with Gasteiger partial charge in [0.15, 0.2) is 5.82 Å². The van der Waals surface area contributed by atoms with Crippen LogP contribution in [0.1, 0.15) is 25.5 Å². The van der Waals surface area contributed by atoms with Gasteiger partial charge >= 0.3 is 5.97 Å². The van der Waals surface area contributed by atoms with E-state index >= 15 is 0 Å². The Hall–Kier alpha value is -2.14. The first-order valence-electron chi connectivity index (χ1n) is 6.83. The van der Waals surface area contributed by atoms with E-state index in [4.69, 9.17) is 10.1 Å². The lowest BCUT2D eigenvalue weighted by Gasteiger charge is -2.12. The highest BCUT2D eigenvalue weighted by molar-refractivity contribution is 7.13. The second-order valence-corrected chi connectivity index (χ2v) is 6.22. The molecule has 0 bridgehead atoms. The minimum absolute atomic E-state index is 0.0266. The van der Waals surface area contributed by atoms with Gasteiger partial charge in [-0.15, -0.1) is 11.3 Å². The standard InChI is InChI=1S/C16H16N2O2S/c1-10(2)18-13-6-5-11(9-15(19)20)8-12(13)17-16(18)14-4-3-7-21-14/h3-8,10H,9H2,1-2H3,(H,19,20). The third-order valence-corrected chi connectivity index (χ3v) is 4.23. The molecule has 0 unspecified atom stereocenters. The van der Waals surface area contributed by atoms with Crippen molar-refractivity contribution in [2.24, 2.45) is 0 Å². The molecule has 2 heterocycles. The maximum absolute atomic E-state index is 10.8. The van der Waals surface area contributed by atoms with E-state index in [0.717, 1.165) is 27.3 Å². The lowest BCUT2D eigenvalue weighted by atomic mass is 10.1. The zero-order chi connectivity index (χ0) is 15.0. The number of carboxylic acid groups (broad SMARTS) is 1. The second-order valence-electron chi connectivity index (χ2n) is 5.27. The predicted octanol–water partition coefficient (Wildman–Crippen LogP) is 3.97. The van der Waals surface area contributed by atoms with Crippen LogP contribution in [0, 0.1) is 0 Å². The van der Waals surface area contributed by atoms with Gasteiger partial charge in [-0.1, -0.05) is 12.1 Å². The first-order valence-corrected chi connectivity index (χ1v) is 7.71. The van der Waals surface area contributed by atoms with E-state index in [1.807, 2.05) is 29.6 Å². The molecule has 0 radical (unpaired) electrons. The Morgan fingerprint density at radius 1 is 1.38 bits per heavy atom. The predicted molar refractivity (Wildman–Crippen MR) is 84.8 cm³/mol. The molecule has 0 aliphatic rings. The third kappa shape index (κ3) is 2.56. The van der Waals surface area contributed by atoms with E-state index in [9.17, 15) is 4.79 Å². The van der Waals surface area contributed by atoms with Crippen LogP contribution < -0.4 is 0 Å². The Kier molecular flexibility index (Phi) is 3.51. The first kappa shape index (κ1) is 13.8. The largest absolute Gasteiger partial charge is 0.481 e. The summed E-state index contributed by atoms with van der Waals surface area (Å²) in [6, 6.07) is 10.1. The van der Waals surface area contributed by atoms with E-state index in [-0.39, 0.29) is 12.5 Å². The number of fused-ring (bicyclic) bond motifs is 1. The summed E-state index contributed by atoms with van der Waals surface area (Å²) in [5.41, 5.74) is 2.68. The number of hydrogen-bond acceptors (Lipinski definition) is 3. The molecule has 4 nitrogen and oxygen atoms in total. The van der Waals surface area contributed by atoms with Crippen LogP contribution in [-0.2, 0) is 11.2 Å². The summed E-state index contributed by atoms with van der Waals surface area (Å²) in [4.78, 5) is 16.7. The van der Waals surface area contributed by atoms with E-state index in [1.54, 1.807) is 11.3 Å². The van der Waals surface area contributed by atoms with Crippen molar-refractivity contribution in [3.8, 4) is 10.7 Å². The number of rotatable bonds is 4. The third-order valence-electron chi connectivity index (χ3n) is 3.37. The van der Waals surface area contributed by atoms with Crippen molar-refractivity contribution in [3.05, 3.63) is 41.3 Å². The Morgan fingerprint density at radius 2 is 2.19 bits per heavy atom. The van der Waals surface area contributed by atoms with E-state index in [2.05, 4.69) is 24.5 Å². The Morgan fingerprint density at radius 3 is 2.81 bits per heavy atom. The number of aromatic nitrogens is 2.